The predicted molar refractivity (Wildman–Crippen MR) is 119 cm³/mol. The lowest BCUT2D eigenvalue weighted by Gasteiger charge is -2.31. The molecule has 5 rings (SSSR count). The van der Waals surface area contributed by atoms with Gasteiger partial charge in [0.25, 0.3) is 0 Å². The molecule has 0 saturated carbocycles. The van der Waals surface area contributed by atoms with Gasteiger partial charge in [-0.05, 0) is 37.5 Å². The molecular formula is C25H29N3O3. The number of hydrogen-bond acceptors (Lipinski definition) is 3. The van der Waals surface area contributed by atoms with E-state index < -0.39 is 0 Å². The lowest BCUT2D eigenvalue weighted by Crippen LogP contribution is -2.47. The van der Waals surface area contributed by atoms with E-state index in [-0.39, 0.29) is 23.9 Å². The van der Waals surface area contributed by atoms with Gasteiger partial charge < -0.3 is 14.5 Å². The number of fused-ring (bicyclic) bond motifs is 2. The van der Waals surface area contributed by atoms with E-state index in [9.17, 15) is 9.59 Å². The lowest BCUT2D eigenvalue weighted by atomic mass is 9.98. The molecule has 0 N–H and O–H groups in total. The summed E-state index contributed by atoms with van der Waals surface area (Å²) >= 11 is 0. The zero-order valence-electron chi connectivity index (χ0n) is 18.0. The standard InChI is InChI=1S/C25H29N3O3/c1-18-17-31-23-10-5-2-7-20(23)16-27(18)25(30)28-15-19(21-8-3-4-9-22(21)28)12-14-26-13-6-11-24(26)29/h2-5,7-10,18-19H,6,11-17H2,1H3/t18-,19+/m1/s1. The molecule has 162 valence electrons. The summed E-state index contributed by atoms with van der Waals surface area (Å²) in [5.41, 5.74) is 3.24. The number of nitrogens with zero attached hydrogens (tertiary/aromatic N) is 3. The molecule has 0 spiro atoms. The van der Waals surface area contributed by atoms with Gasteiger partial charge in [0.15, 0.2) is 0 Å². The summed E-state index contributed by atoms with van der Waals surface area (Å²) in [5, 5.41) is 0. The summed E-state index contributed by atoms with van der Waals surface area (Å²) in [7, 11) is 0. The Hall–Kier alpha value is -3.02. The number of anilines is 1. The Morgan fingerprint density at radius 1 is 1.13 bits per heavy atom. The number of benzene rings is 2. The molecule has 1 saturated heterocycles. The van der Waals surface area contributed by atoms with Gasteiger partial charge in [-0.2, -0.15) is 0 Å². The molecule has 2 aromatic rings. The minimum absolute atomic E-state index is 0.0201. The highest BCUT2D eigenvalue weighted by atomic mass is 16.5. The van der Waals surface area contributed by atoms with Crippen LogP contribution in [0.4, 0.5) is 10.5 Å². The van der Waals surface area contributed by atoms with Crippen molar-refractivity contribution in [1.29, 1.82) is 0 Å². The zero-order valence-corrected chi connectivity index (χ0v) is 18.0. The molecule has 3 aliphatic heterocycles. The number of rotatable bonds is 3. The molecule has 31 heavy (non-hydrogen) atoms. The van der Waals surface area contributed by atoms with Gasteiger partial charge in [-0.1, -0.05) is 36.4 Å². The van der Waals surface area contributed by atoms with Gasteiger partial charge in [-0.15, -0.1) is 0 Å². The summed E-state index contributed by atoms with van der Waals surface area (Å²) in [5.74, 6) is 1.37. The van der Waals surface area contributed by atoms with E-state index in [1.54, 1.807) is 0 Å². The van der Waals surface area contributed by atoms with Gasteiger partial charge in [-0.3, -0.25) is 9.69 Å². The Balaban J connectivity index is 1.36. The van der Waals surface area contributed by atoms with Crippen LogP contribution in [0.5, 0.6) is 5.75 Å². The van der Waals surface area contributed by atoms with Gasteiger partial charge in [-0.25, -0.2) is 4.79 Å². The average Bonchev–Trinajstić information content (AvgIpc) is 3.32. The minimum atomic E-state index is -0.0201. The Morgan fingerprint density at radius 3 is 2.77 bits per heavy atom. The number of ether oxygens (including phenoxy) is 1. The number of carbonyl (C=O) groups is 2. The first-order chi connectivity index (χ1) is 15.1. The third-order valence-corrected chi connectivity index (χ3v) is 6.79. The second-order valence-electron chi connectivity index (χ2n) is 8.82. The SMILES string of the molecule is C[C@@H]1COc2ccccc2CN1C(=O)N1C[C@H](CCN2CCCC2=O)c2ccccc21. The smallest absolute Gasteiger partial charge is 0.325 e. The Kier molecular flexibility index (Phi) is 5.30. The topological polar surface area (TPSA) is 53.1 Å². The minimum Gasteiger partial charge on any atom is -0.491 e. The molecule has 3 amide bonds. The van der Waals surface area contributed by atoms with E-state index in [1.807, 2.05) is 64.1 Å². The zero-order chi connectivity index (χ0) is 21.4. The van der Waals surface area contributed by atoms with E-state index >= 15 is 0 Å². The maximum Gasteiger partial charge on any atom is 0.325 e. The van der Waals surface area contributed by atoms with Gasteiger partial charge in [0.1, 0.15) is 12.4 Å². The number of para-hydroxylation sites is 2. The molecule has 6 nitrogen and oxygen atoms in total. The average molecular weight is 420 g/mol. The van der Waals surface area contributed by atoms with Crippen molar-refractivity contribution in [3.8, 4) is 5.75 Å². The van der Waals surface area contributed by atoms with Crippen molar-refractivity contribution in [3.05, 3.63) is 59.7 Å². The highest BCUT2D eigenvalue weighted by Crippen LogP contribution is 2.39. The Morgan fingerprint density at radius 2 is 1.94 bits per heavy atom. The summed E-state index contributed by atoms with van der Waals surface area (Å²) in [4.78, 5) is 31.6. The molecular weight excluding hydrogens is 390 g/mol. The van der Waals surface area contributed by atoms with E-state index in [0.29, 0.717) is 26.1 Å². The molecule has 2 aromatic carbocycles. The van der Waals surface area contributed by atoms with E-state index in [0.717, 1.165) is 42.9 Å². The van der Waals surface area contributed by atoms with Crippen LogP contribution in [-0.4, -0.2) is 54.0 Å². The van der Waals surface area contributed by atoms with Crippen LogP contribution in [0.2, 0.25) is 0 Å². The van der Waals surface area contributed by atoms with Crippen LogP contribution in [-0.2, 0) is 11.3 Å². The number of hydrogen-bond donors (Lipinski definition) is 0. The van der Waals surface area contributed by atoms with Crippen LogP contribution >= 0.6 is 0 Å². The second-order valence-corrected chi connectivity index (χ2v) is 8.82. The Bertz CT molecular complexity index is 991. The van der Waals surface area contributed by atoms with Crippen LogP contribution < -0.4 is 9.64 Å². The number of carbonyl (C=O) groups excluding carboxylic acids is 2. The fraction of sp³-hybridized carbons (Fsp3) is 0.440. The highest BCUT2D eigenvalue weighted by Gasteiger charge is 2.37. The fourth-order valence-corrected chi connectivity index (χ4v) is 5.00. The van der Waals surface area contributed by atoms with Crippen molar-refractivity contribution in [2.45, 2.75) is 44.7 Å². The second kappa shape index (κ2) is 8.25. The maximum atomic E-state index is 13.7. The summed E-state index contributed by atoms with van der Waals surface area (Å²) in [6, 6.07) is 16.2. The molecule has 3 aliphatic rings. The summed E-state index contributed by atoms with van der Waals surface area (Å²) < 4.78 is 5.95. The molecule has 3 heterocycles. The highest BCUT2D eigenvalue weighted by molar-refractivity contribution is 5.95. The molecule has 0 radical (unpaired) electrons. The van der Waals surface area contributed by atoms with Gasteiger partial charge in [0.05, 0.1) is 12.6 Å². The van der Waals surface area contributed by atoms with Crippen LogP contribution in [0.1, 0.15) is 43.2 Å². The lowest BCUT2D eigenvalue weighted by molar-refractivity contribution is -0.127. The molecule has 0 bridgehead atoms. The quantitative estimate of drug-likeness (QED) is 0.756. The molecule has 0 unspecified atom stereocenters. The first-order valence-corrected chi connectivity index (χ1v) is 11.3. The summed E-state index contributed by atoms with van der Waals surface area (Å²) in [6.07, 6.45) is 2.51. The first kappa shape index (κ1) is 19.9. The largest absolute Gasteiger partial charge is 0.491 e. The van der Waals surface area contributed by atoms with E-state index in [1.165, 1.54) is 5.56 Å². The van der Waals surface area contributed by atoms with Crippen LogP contribution in [0.3, 0.4) is 0 Å². The van der Waals surface area contributed by atoms with Crippen molar-refractivity contribution in [2.75, 3.05) is 31.1 Å². The molecule has 6 heteroatoms. The third kappa shape index (κ3) is 3.75. The molecule has 2 atom stereocenters. The van der Waals surface area contributed by atoms with Crippen molar-refractivity contribution in [2.24, 2.45) is 0 Å². The normalized spacial score (nSPS) is 22.7. The van der Waals surface area contributed by atoms with E-state index in [4.69, 9.17) is 4.74 Å². The van der Waals surface area contributed by atoms with Crippen LogP contribution in [0.25, 0.3) is 0 Å². The van der Waals surface area contributed by atoms with Crippen LogP contribution in [0.15, 0.2) is 48.5 Å². The monoisotopic (exact) mass is 419 g/mol. The van der Waals surface area contributed by atoms with Crippen molar-refractivity contribution in [1.82, 2.24) is 9.80 Å². The Labute approximate surface area is 183 Å². The first-order valence-electron chi connectivity index (χ1n) is 11.3. The van der Waals surface area contributed by atoms with Crippen molar-refractivity contribution < 1.29 is 14.3 Å². The van der Waals surface area contributed by atoms with Gasteiger partial charge in [0.2, 0.25) is 5.91 Å². The van der Waals surface area contributed by atoms with Crippen LogP contribution in [0, 0.1) is 0 Å². The van der Waals surface area contributed by atoms with E-state index in [2.05, 4.69) is 6.07 Å². The number of amides is 3. The van der Waals surface area contributed by atoms with Gasteiger partial charge >= 0.3 is 6.03 Å². The predicted octanol–water partition coefficient (Wildman–Crippen LogP) is 4.01. The van der Waals surface area contributed by atoms with Crippen molar-refractivity contribution >= 4 is 17.6 Å². The number of likely N-dealkylation sites (tertiary alicyclic amines) is 1. The molecule has 0 aliphatic carbocycles. The summed E-state index contributed by atoms with van der Waals surface area (Å²) in [6.45, 7) is 5.36. The van der Waals surface area contributed by atoms with Gasteiger partial charge in [0, 0.05) is 43.2 Å². The van der Waals surface area contributed by atoms with Crippen molar-refractivity contribution in [3.63, 3.8) is 0 Å². The fourth-order valence-electron chi connectivity index (χ4n) is 5.00. The molecule has 0 aromatic heterocycles. The third-order valence-electron chi connectivity index (χ3n) is 6.79. The number of urea groups is 1. The molecule has 1 fully saturated rings. The maximum absolute atomic E-state index is 13.7.